The zero-order valence-corrected chi connectivity index (χ0v) is 18.6. The van der Waals surface area contributed by atoms with Gasteiger partial charge in [-0.15, -0.1) is 0 Å². The highest BCUT2D eigenvalue weighted by molar-refractivity contribution is 9.10. The number of rotatable bonds is 6. The molecule has 0 atom stereocenters. The first kappa shape index (κ1) is 23.3. The van der Waals surface area contributed by atoms with Crippen LogP contribution in [0.4, 0.5) is 18.9 Å². The SMILES string of the molecule is O=C(Nc1c(F)cc(F)cc1Br)c1cc(S(=O)(=O)NCc2ccccc2Cl)ccc1F. The number of benzene rings is 3. The Balaban J connectivity index is 1.85. The zero-order valence-electron chi connectivity index (χ0n) is 15.4. The van der Waals surface area contributed by atoms with Crippen LogP contribution in [0.25, 0.3) is 0 Å². The maximum atomic E-state index is 14.2. The largest absolute Gasteiger partial charge is 0.318 e. The van der Waals surface area contributed by atoms with Crippen molar-refractivity contribution in [3.8, 4) is 0 Å². The standard InChI is InChI=1S/C20H13BrClF3N2O3S/c21-15-7-12(23)8-18(25)19(15)27-20(28)14-9-13(5-6-17(14)24)31(29,30)26-10-11-3-1-2-4-16(11)22/h1-9,26H,10H2,(H,27,28). The molecular weight excluding hydrogens is 521 g/mol. The molecule has 11 heteroatoms. The normalized spacial score (nSPS) is 11.4. The maximum absolute atomic E-state index is 14.2. The molecule has 0 unspecified atom stereocenters. The average molecular weight is 534 g/mol. The Morgan fingerprint density at radius 1 is 1.00 bits per heavy atom. The Bertz CT molecular complexity index is 1250. The highest BCUT2D eigenvalue weighted by Gasteiger charge is 2.21. The van der Waals surface area contributed by atoms with Crippen molar-refractivity contribution in [3.05, 3.63) is 92.7 Å². The first-order valence-electron chi connectivity index (χ1n) is 8.57. The van der Waals surface area contributed by atoms with Crippen molar-refractivity contribution >= 4 is 49.1 Å². The lowest BCUT2D eigenvalue weighted by Gasteiger charge is -2.12. The van der Waals surface area contributed by atoms with Gasteiger partial charge in [-0.3, -0.25) is 4.79 Å². The van der Waals surface area contributed by atoms with Gasteiger partial charge in [-0.2, -0.15) is 0 Å². The molecule has 0 aromatic heterocycles. The topological polar surface area (TPSA) is 75.3 Å². The monoisotopic (exact) mass is 532 g/mol. The quantitative estimate of drug-likeness (QED) is 0.454. The minimum atomic E-state index is -4.13. The molecule has 0 spiro atoms. The summed E-state index contributed by atoms with van der Waals surface area (Å²) >= 11 is 8.91. The van der Waals surface area contributed by atoms with Crippen LogP contribution < -0.4 is 10.0 Å². The van der Waals surface area contributed by atoms with E-state index in [2.05, 4.69) is 26.0 Å². The third-order valence-electron chi connectivity index (χ3n) is 4.15. The summed E-state index contributed by atoms with van der Waals surface area (Å²) in [4.78, 5) is 12.1. The summed E-state index contributed by atoms with van der Waals surface area (Å²) in [5, 5.41) is 2.46. The summed E-state index contributed by atoms with van der Waals surface area (Å²) in [6, 6.07) is 10.6. The average Bonchev–Trinajstić information content (AvgIpc) is 2.70. The van der Waals surface area contributed by atoms with Crippen LogP contribution in [0.1, 0.15) is 15.9 Å². The fourth-order valence-electron chi connectivity index (χ4n) is 2.59. The zero-order chi connectivity index (χ0) is 22.8. The number of nitrogens with one attached hydrogen (secondary N) is 2. The number of anilines is 1. The van der Waals surface area contributed by atoms with Crippen molar-refractivity contribution in [3.63, 3.8) is 0 Å². The molecule has 3 rings (SSSR count). The van der Waals surface area contributed by atoms with Crippen molar-refractivity contribution in [2.75, 3.05) is 5.32 Å². The summed E-state index contributed by atoms with van der Waals surface area (Å²) in [6.45, 7) is -0.130. The highest BCUT2D eigenvalue weighted by atomic mass is 79.9. The van der Waals surface area contributed by atoms with Gasteiger partial charge in [0.15, 0.2) is 5.82 Å². The predicted molar refractivity (Wildman–Crippen MR) is 114 cm³/mol. The molecule has 2 N–H and O–H groups in total. The third-order valence-corrected chi connectivity index (χ3v) is 6.54. The van der Waals surface area contributed by atoms with Gasteiger partial charge in [-0.05, 0) is 51.8 Å². The lowest BCUT2D eigenvalue weighted by molar-refractivity contribution is 0.102. The molecule has 5 nitrogen and oxygen atoms in total. The van der Waals surface area contributed by atoms with Crippen LogP contribution in [-0.2, 0) is 16.6 Å². The lowest BCUT2D eigenvalue weighted by atomic mass is 10.2. The van der Waals surface area contributed by atoms with Crippen LogP contribution in [0.2, 0.25) is 5.02 Å². The number of sulfonamides is 1. The van der Waals surface area contributed by atoms with E-state index in [0.29, 0.717) is 16.7 Å². The second-order valence-electron chi connectivity index (χ2n) is 6.26. The van der Waals surface area contributed by atoms with E-state index in [4.69, 9.17) is 11.6 Å². The molecule has 0 heterocycles. The molecular formula is C20H13BrClF3N2O3S. The second-order valence-corrected chi connectivity index (χ2v) is 9.28. The van der Waals surface area contributed by atoms with Crippen molar-refractivity contribution < 1.29 is 26.4 Å². The summed E-state index contributed by atoms with van der Waals surface area (Å²) in [5.74, 6) is -4.12. The molecule has 0 bridgehead atoms. The lowest BCUT2D eigenvalue weighted by Crippen LogP contribution is -2.24. The van der Waals surface area contributed by atoms with Gasteiger partial charge in [-0.1, -0.05) is 29.8 Å². The molecule has 0 radical (unpaired) electrons. The molecule has 31 heavy (non-hydrogen) atoms. The van der Waals surface area contributed by atoms with Crippen LogP contribution in [0, 0.1) is 17.5 Å². The molecule has 0 saturated heterocycles. The van der Waals surface area contributed by atoms with Gasteiger partial charge < -0.3 is 5.32 Å². The predicted octanol–water partition coefficient (Wildman–Crippen LogP) is 5.25. The summed E-state index contributed by atoms with van der Waals surface area (Å²) in [5.41, 5.74) is -0.545. The molecule has 162 valence electrons. The Morgan fingerprint density at radius 2 is 1.71 bits per heavy atom. The van der Waals surface area contributed by atoms with Crippen LogP contribution >= 0.6 is 27.5 Å². The first-order valence-corrected chi connectivity index (χ1v) is 11.2. The molecule has 0 aliphatic rings. The maximum Gasteiger partial charge on any atom is 0.258 e. The Labute approximate surface area is 189 Å². The van der Waals surface area contributed by atoms with Crippen molar-refractivity contribution in [2.45, 2.75) is 11.4 Å². The number of carbonyl (C=O) groups is 1. The second kappa shape index (κ2) is 9.39. The fraction of sp³-hybridized carbons (Fsp3) is 0.0500. The first-order chi connectivity index (χ1) is 14.6. The smallest absolute Gasteiger partial charge is 0.258 e. The van der Waals surface area contributed by atoms with Gasteiger partial charge in [0.1, 0.15) is 11.6 Å². The van der Waals surface area contributed by atoms with Crippen molar-refractivity contribution in [1.82, 2.24) is 4.72 Å². The Morgan fingerprint density at radius 3 is 2.39 bits per heavy atom. The van der Waals surface area contributed by atoms with E-state index >= 15 is 0 Å². The van der Waals surface area contributed by atoms with E-state index in [0.717, 1.165) is 24.3 Å². The van der Waals surface area contributed by atoms with Gasteiger partial charge in [0.05, 0.1) is 16.1 Å². The van der Waals surface area contributed by atoms with Crippen LogP contribution in [0.5, 0.6) is 0 Å². The summed E-state index contributed by atoms with van der Waals surface area (Å²) < 4.78 is 68.8. The Kier molecular flexibility index (Phi) is 7.05. The number of carbonyl (C=O) groups excluding carboxylic acids is 1. The van der Waals surface area contributed by atoms with E-state index < -0.39 is 44.6 Å². The Hall–Kier alpha value is -2.40. The molecule has 0 aliphatic heterocycles. The minimum absolute atomic E-state index is 0.107. The molecule has 0 saturated carbocycles. The summed E-state index contributed by atoms with van der Waals surface area (Å²) in [7, 11) is -4.13. The van der Waals surface area contributed by atoms with Crippen LogP contribution in [-0.4, -0.2) is 14.3 Å². The third kappa shape index (κ3) is 5.45. The van der Waals surface area contributed by atoms with Crippen molar-refractivity contribution in [1.29, 1.82) is 0 Å². The van der Waals surface area contributed by atoms with Crippen LogP contribution in [0.15, 0.2) is 64.0 Å². The van der Waals surface area contributed by atoms with Gasteiger partial charge in [-0.25, -0.2) is 26.3 Å². The number of hydrogen-bond acceptors (Lipinski definition) is 3. The van der Waals surface area contributed by atoms with Crippen molar-refractivity contribution in [2.24, 2.45) is 0 Å². The number of hydrogen-bond donors (Lipinski definition) is 2. The number of amides is 1. The molecule has 1 amide bonds. The van der Waals surface area contributed by atoms with Gasteiger partial charge in [0.25, 0.3) is 5.91 Å². The van der Waals surface area contributed by atoms with E-state index in [1.54, 1.807) is 24.3 Å². The molecule has 0 fully saturated rings. The van der Waals surface area contributed by atoms with Crippen LogP contribution in [0.3, 0.4) is 0 Å². The van der Waals surface area contributed by atoms with E-state index in [1.807, 2.05) is 0 Å². The van der Waals surface area contributed by atoms with Gasteiger partial charge in [0, 0.05) is 22.1 Å². The fourth-order valence-corrected chi connectivity index (χ4v) is 4.33. The van der Waals surface area contributed by atoms with E-state index in [9.17, 15) is 26.4 Å². The van der Waals surface area contributed by atoms with Gasteiger partial charge in [0.2, 0.25) is 10.0 Å². The van der Waals surface area contributed by atoms with Gasteiger partial charge >= 0.3 is 0 Å². The molecule has 0 aliphatic carbocycles. The van der Waals surface area contributed by atoms with E-state index in [-0.39, 0.29) is 15.9 Å². The summed E-state index contributed by atoms with van der Waals surface area (Å²) in [6.07, 6.45) is 0. The van der Waals surface area contributed by atoms with E-state index in [1.165, 1.54) is 0 Å². The molecule has 3 aromatic rings. The number of halogens is 5. The minimum Gasteiger partial charge on any atom is -0.318 e. The molecule has 3 aromatic carbocycles. The highest BCUT2D eigenvalue weighted by Crippen LogP contribution is 2.28.